The Morgan fingerprint density at radius 1 is 1.14 bits per heavy atom. The van der Waals surface area contributed by atoms with E-state index in [-0.39, 0.29) is 0 Å². The maximum atomic E-state index is 3.83. The van der Waals surface area contributed by atoms with E-state index in [9.17, 15) is 0 Å². The van der Waals surface area contributed by atoms with Gasteiger partial charge in [-0.05, 0) is 57.0 Å². The highest BCUT2D eigenvalue weighted by atomic mass is 15.1. The van der Waals surface area contributed by atoms with Crippen molar-refractivity contribution >= 4 is 0 Å². The van der Waals surface area contributed by atoms with Crippen LogP contribution in [0.25, 0.3) is 0 Å². The van der Waals surface area contributed by atoms with E-state index in [1.54, 1.807) is 0 Å². The molecule has 4 atom stereocenters. The van der Waals surface area contributed by atoms with Crippen LogP contribution in [-0.4, -0.2) is 37.6 Å². The fourth-order valence-corrected chi connectivity index (χ4v) is 3.97. The number of nitrogens with one attached hydrogen (secondary N) is 1. The summed E-state index contributed by atoms with van der Waals surface area (Å²) in [5, 5.41) is 3.83. The molecule has 0 aliphatic heterocycles. The second-order valence-electron chi connectivity index (χ2n) is 7.52. The molecule has 1 fully saturated rings. The fraction of sp³-hybridized carbons (Fsp3) is 1.00. The van der Waals surface area contributed by atoms with Crippen LogP contribution >= 0.6 is 0 Å². The Hall–Kier alpha value is -0.0800. The Labute approximate surface area is 134 Å². The molecule has 1 N–H and O–H groups in total. The smallest absolute Gasteiger partial charge is 0.0108 e. The van der Waals surface area contributed by atoms with Crippen LogP contribution < -0.4 is 5.32 Å². The number of nitrogens with zero attached hydrogens (tertiary/aromatic N) is 1. The molecule has 0 aromatic carbocycles. The highest BCUT2D eigenvalue weighted by molar-refractivity contribution is 4.86. The highest BCUT2D eigenvalue weighted by Crippen LogP contribution is 2.32. The summed E-state index contributed by atoms with van der Waals surface area (Å²) in [5.74, 6) is 2.67. The van der Waals surface area contributed by atoms with E-state index in [0.29, 0.717) is 0 Å². The van der Waals surface area contributed by atoms with Crippen LogP contribution in [0.5, 0.6) is 0 Å². The van der Waals surface area contributed by atoms with Gasteiger partial charge in [0, 0.05) is 19.1 Å². The molecule has 0 radical (unpaired) electrons. The molecule has 0 bridgehead atoms. The predicted molar refractivity (Wildman–Crippen MR) is 94.8 cm³/mol. The van der Waals surface area contributed by atoms with Gasteiger partial charge in [0.15, 0.2) is 0 Å². The zero-order chi connectivity index (χ0) is 15.7. The third-order valence-corrected chi connectivity index (χ3v) is 5.31. The van der Waals surface area contributed by atoms with Gasteiger partial charge in [-0.2, -0.15) is 0 Å². The molecule has 0 spiro atoms. The van der Waals surface area contributed by atoms with Crippen molar-refractivity contribution in [2.45, 2.75) is 78.7 Å². The molecule has 1 saturated carbocycles. The predicted octanol–water partition coefficient (Wildman–Crippen LogP) is 4.55. The van der Waals surface area contributed by atoms with Gasteiger partial charge >= 0.3 is 0 Å². The van der Waals surface area contributed by atoms with Crippen molar-refractivity contribution < 1.29 is 0 Å². The second kappa shape index (κ2) is 10.6. The molecule has 1 rings (SSSR count). The van der Waals surface area contributed by atoms with Crippen molar-refractivity contribution in [2.75, 3.05) is 26.7 Å². The average Bonchev–Trinajstić information content (AvgIpc) is 2.46. The molecule has 126 valence electrons. The van der Waals surface area contributed by atoms with Gasteiger partial charge in [-0.25, -0.2) is 0 Å². The van der Waals surface area contributed by atoms with Crippen molar-refractivity contribution in [1.29, 1.82) is 0 Å². The van der Waals surface area contributed by atoms with Crippen molar-refractivity contribution in [2.24, 2.45) is 17.8 Å². The third-order valence-electron chi connectivity index (χ3n) is 5.31. The van der Waals surface area contributed by atoms with E-state index in [1.807, 2.05) is 0 Å². The molecular formula is C19H40N2. The highest BCUT2D eigenvalue weighted by Gasteiger charge is 2.30. The largest absolute Gasteiger partial charge is 0.314 e. The van der Waals surface area contributed by atoms with Crippen molar-refractivity contribution in [3.63, 3.8) is 0 Å². The Morgan fingerprint density at radius 2 is 1.90 bits per heavy atom. The van der Waals surface area contributed by atoms with E-state index in [0.717, 1.165) is 23.8 Å². The SMILES string of the molecule is CCCNC1CCC(CCC)CC1CN(C)CC(C)CC. The Bertz CT molecular complexity index is 254. The van der Waals surface area contributed by atoms with Crippen LogP contribution in [0.1, 0.15) is 72.6 Å². The fourth-order valence-electron chi connectivity index (χ4n) is 3.97. The first-order valence-electron chi connectivity index (χ1n) is 9.52. The van der Waals surface area contributed by atoms with Crippen LogP contribution in [-0.2, 0) is 0 Å². The lowest BCUT2D eigenvalue weighted by Crippen LogP contribution is -2.46. The van der Waals surface area contributed by atoms with Gasteiger partial charge in [0.1, 0.15) is 0 Å². The summed E-state index contributed by atoms with van der Waals surface area (Å²) in [4.78, 5) is 2.59. The number of rotatable bonds is 10. The maximum absolute atomic E-state index is 3.83. The van der Waals surface area contributed by atoms with Gasteiger partial charge in [-0.3, -0.25) is 0 Å². The molecule has 0 aromatic rings. The van der Waals surface area contributed by atoms with Crippen LogP contribution in [0.4, 0.5) is 0 Å². The van der Waals surface area contributed by atoms with Crippen LogP contribution in [0.2, 0.25) is 0 Å². The van der Waals surface area contributed by atoms with Crippen LogP contribution in [0.15, 0.2) is 0 Å². The quantitative estimate of drug-likeness (QED) is 0.636. The first-order chi connectivity index (χ1) is 10.1. The topological polar surface area (TPSA) is 15.3 Å². The molecule has 0 saturated heterocycles. The molecule has 1 aliphatic carbocycles. The minimum atomic E-state index is 0.762. The Morgan fingerprint density at radius 3 is 2.52 bits per heavy atom. The van der Waals surface area contributed by atoms with Crippen molar-refractivity contribution in [3.8, 4) is 0 Å². The van der Waals surface area contributed by atoms with E-state index >= 15 is 0 Å². The zero-order valence-electron chi connectivity index (χ0n) is 15.3. The lowest BCUT2D eigenvalue weighted by atomic mass is 9.76. The standard InChI is InChI=1S/C19H40N2/c1-6-9-17-10-11-19(20-12-7-2)18(13-17)15-21(5)14-16(4)8-3/h16-20H,6-15H2,1-5H3. The van der Waals surface area contributed by atoms with Gasteiger partial charge < -0.3 is 10.2 Å². The molecule has 0 amide bonds. The average molecular weight is 297 g/mol. The normalized spacial score (nSPS) is 28.0. The van der Waals surface area contributed by atoms with Gasteiger partial charge in [-0.15, -0.1) is 0 Å². The summed E-state index contributed by atoms with van der Waals surface area (Å²) in [6.07, 6.45) is 9.63. The molecule has 2 nitrogen and oxygen atoms in total. The van der Waals surface area contributed by atoms with Crippen LogP contribution in [0, 0.1) is 17.8 Å². The van der Waals surface area contributed by atoms with Crippen LogP contribution in [0.3, 0.4) is 0 Å². The molecule has 2 heteroatoms. The molecular weight excluding hydrogens is 256 g/mol. The number of hydrogen-bond acceptors (Lipinski definition) is 2. The van der Waals surface area contributed by atoms with Gasteiger partial charge in [-0.1, -0.05) is 47.0 Å². The summed E-state index contributed by atoms with van der Waals surface area (Å²) < 4.78 is 0. The lowest BCUT2D eigenvalue weighted by Gasteiger charge is -2.39. The van der Waals surface area contributed by atoms with Gasteiger partial charge in [0.2, 0.25) is 0 Å². The summed E-state index contributed by atoms with van der Waals surface area (Å²) in [5.41, 5.74) is 0. The first kappa shape index (κ1) is 19.0. The molecule has 0 aromatic heterocycles. The summed E-state index contributed by atoms with van der Waals surface area (Å²) >= 11 is 0. The van der Waals surface area contributed by atoms with Crippen molar-refractivity contribution in [3.05, 3.63) is 0 Å². The van der Waals surface area contributed by atoms with E-state index in [1.165, 1.54) is 64.6 Å². The van der Waals surface area contributed by atoms with Gasteiger partial charge in [0.05, 0.1) is 0 Å². The number of hydrogen-bond donors (Lipinski definition) is 1. The van der Waals surface area contributed by atoms with E-state index < -0.39 is 0 Å². The first-order valence-corrected chi connectivity index (χ1v) is 9.52. The van der Waals surface area contributed by atoms with Gasteiger partial charge in [0.25, 0.3) is 0 Å². The Balaban J connectivity index is 2.51. The van der Waals surface area contributed by atoms with Crippen molar-refractivity contribution in [1.82, 2.24) is 10.2 Å². The minimum absolute atomic E-state index is 0.762. The lowest BCUT2D eigenvalue weighted by molar-refractivity contribution is 0.141. The van der Waals surface area contributed by atoms with E-state index in [2.05, 4.69) is 45.0 Å². The maximum Gasteiger partial charge on any atom is 0.0108 e. The summed E-state index contributed by atoms with van der Waals surface area (Å²) in [7, 11) is 2.33. The minimum Gasteiger partial charge on any atom is -0.314 e. The zero-order valence-corrected chi connectivity index (χ0v) is 15.3. The van der Waals surface area contributed by atoms with E-state index in [4.69, 9.17) is 0 Å². The molecule has 1 aliphatic rings. The summed E-state index contributed by atoms with van der Waals surface area (Å²) in [6.45, 7) is 13.0. The molecule has 4 unspecified atom stereocenters. The Kier molecular flexibility index (Phi) is 9.59. The molecule has 21 heavy (non-hydrogen) atoms. The third kappa shape index (κ3) is 7.15. The molecule has 0 heterocycles. The summed E-state index contributed by atoms with van der Waals surface area (Å²) in [6, 6.07) is 0.762. The monoisotopic (exact) mass is 296 g/mol. The second-order valence-corrected chi connectivity index (χ2v) is 7.52.